The maximum Gasteiger partial charge on any atom is 0.243 e. The van der Waals surface area contributed by atoms with E-state index in [-0.39, 0.29) is 29.3 Å². The summed E-state index contributed by atoms with van der Waals surface area (Å²) in [6.45, 7) is 6.02. The third kappa shape index (κ3) is 6.45. The molecule has 1 N–H and O–H groups in total. The van der Waals surface area contributed by atoms with Crippen molar-refractivity contribution in [3.8, 4) is 0 Å². The topological polar surface area (TPSA) is 66.5 Å². The van der Waals surface area contributed by atoms with Gasteiger partial charge in [0, 0.05) is 13.1 Å². The van der Waals surface area contributed by atoms with E-state index in [1.54, 1.807) is 18.2 Å². The molecule has 0 aliphatic carbocycles. The molecule has 2 aromatic carbocycles. The number of nitrogens with one attached hydrogen (secondary N) is 1. The summed E-state index contributed by atoms with van der Waals surface area (Å²) in [6, 6.07) is 13.5. The Kier molecular flexibility index (Phi) is 6.73. The lowest BCUT2D eigenvalue weighted by Crippen LogP contribution is -2.42. The number of sulfonamides is 1. The second-order valence-electron chi connectivity index (χ2n) is 7.55. The summed E-state index contributed by atoms with van der Waals surface area (Å²) in [4.78, 5) is 12.5. The third-order valence-corrected chi connectivity index (χ3v) is 5.59. The lowest BCUT2D eigenvalue weighted by molar-refractivity contribution is -0.121. The summed E-state index contributed by atoms with van der Waals surface area (Å²) in [5.41, 5.74) is 0.481. The molecule has 0 saturated heterocycles. The molecule has 0 fully saturated rings. The molecule has 0 spiro atoms. The molecule has 1 amide bonds. The van der Waals surface area contributed by atoms with Crippen LogP contribution in [0.15, 0.2) is 59.5 Å². The number of rotatable bonds is 7. The van der Waals surface area contributed by atoms with E-state index in [4.69, 9.17) is 0 Å². The van der Waals surface area contributed by atoms with Gasteiger partial charge in [0.05, 0.1) is 11.4 Å². The Morgan fingerprint density at radius 2 is 1.63 bits per heavy atom. The van der Waals surface area contributed by atoms with Crippen molar-refractivity contribution in [1.82, 2.24) is 9.62 Å². The van der Waals surface area contributed by atoms with Gasteiger partial charge in [-0.3, -0.25) is 4.79 Å². The van der Waals surface area contributed by atoms with Crippen LogP contribution in [0.3, 0.4) is 0 Å². The van der Waals surface area contributed by atoms with Crippen LogP contribution in [0.5, 0.6) is 0 Å². The van der Waals surface area contributed by atoms with Crippen LogP contribution in [0, 0.1) is 11.2 Å². The van der Waals surface area contributed by atoms with E-state index < -0.39 is 15.8 Å². The SMILES string of the molecule is CC(C)(C)CNC(=O)CN(Cc1ccc(F)cc1)S(=O)(=O)c1ccccc1. The summed E-state index contributed by atoms with van der Waals surface area (Å²) in [6.07, 6.45) is 0. The highest BCUT2D eigenvalue weighted by molar-refractivity contribution is 7.89. The molecule has 5 nitrogen and oxygen atoms in total. The van der Waals surface area contributed by atoms with Crippen LogP contribution in [0.1, 0.15) is 26.3 Å². The Morgan fingerprint density at radius 3 is 2.19 bits per heavy atom. The number of halogens is 1. The van der Waals surface area contributed by atoms with Crippen LogP contribution in [-0.2, 0) is 21.4 Å². The summed E-state index contributed by atoms with van der Waals surface area (Å²) < 4.78 is 40.3. The van der Waals surface area contributed by atoms with Crippen molar-refractivity contribution in [3.05, 3.63) is 66.0 Å². The van der Waals surface area contributed by atoms with Crippen molar-refractivity contribution in [1.29, 1.82) is 0 Å². The first-order chi connectivity index (χ1) is 12.6. The van der Waals surface area contributed by atoms with Crippen molar-refractivity contribution in [3.63, 3.8) is 0 Å². The predicted octanol–water partition coefficient (Wildman–Crippen LogP) is 3.18. The average Bonchev–Trinajstić information content (AvgIpc) is 2.61. The van der Waals surface area contributed by atoms with Gasteiger partial charge in [0.1, 0.15) is 5.82 Å². The minimum atomic E-state index is -3.88. The largest absolute Gasteiger partial charge is 0.354 e. The highest BCUT2D eigenvalue weighted by Gasteiger charge is 2.27. The first-order valence-corrected chi connectivity index (χ1v) is 10.1. The van der Waals surface area contributed by atoms with E-state index in [2.05, 4.69) is 5.32 Å². The second kappa shape index (κ2) is 8.63. The molecule has 0 unspecified atom stereocenters. The molecule has 0 aliphatic rings. The lowest BCUT2D eigenvalue weighted by atomic mass is 9.97. The minimum Gasteiger partial charge on any atom is -0.354 e. The van der Waals surface area contributed by atoms with E-state index in [9.17, 15) is 17.6 Å². The molecule has 0 aliphatic heterocycles. The van der Waals surface area contributed by atoms with Gasteiger partial charge in [0.25, 0.3) is 0 Å². The van der Waals surface area contributed by atoms with Gasteiger partial charge in [0.2, 0.25) is 15.9 Å². The molecule has 2 aromatic rings. The summed E-state index contributed by atoms with van der Waals surface area (Å²) in [5, 5.41) is 2.77. The fraction of sp³-hybridized carbons (Fsp3) is 0.350. The zero-order chi connectivity index (χ0) is 20.1. The van der Waals surface area contributed by atoms with Gasteiger partial charge in [-0.25, -0.2) is 12.8 Å². The molecule has 2 rings (SSSR count). The lowest BCUT2D eigenvalue weighted by Gasteiger charge is -2.24. The van der Waals surface area contributed by atoms with Crippen molar-refractivity contribution in [2.45, 2.75) is 32.2 Å². The number of benzene rings is 2. The standard InChI is InChI=1S/C20H25FN2O3S/c1-20(2,3)15-22-19(24)14-23(13-16-9-11-17(21)12-10-16)27(25,26)18-7-5-4-6-8-18/h4-12H,13-15H2,1-3H3,(H,22,24). The van der Waals surface area contributed by atoms with E-state index in [0.29, 0.717) is 12.1 Å². The molecule has 0 saturated carbocycles. The quantitative estimate of drug-likeness (QED) is 0.787. The Hall–Kier alpha value is -2.25. The Bertz CT molecular complexity index is 860. The van der Waals surface area contributed by atoms with E-state index in [1.807, 2.05) is 20.8 Å². The zero-order valence-electron chi connectivity index (χ0n) is 15.8. The Labute approximate surface area is 160 Å². The van der Waals surface area contributed by atoms with Crippen molar-refractivity contribution in [2.75, 3.05) is 13.1 Å². The number of carbonyl (C=O) groups excluding carboxylic acids is 1. The van der Waals surface area contributed by atoms with Crippen LogP contribution in [0.4, 0.5) is 4.39 Å². The summed E-state index contributed by atoms with van der Waals surface area (Å²) >= 11 is 0. The van der Waals surface area contributed by atoms with Gasteiger partial charge in [-0.2, -0.15) is 4.31 Å². The molecule has 0 heterocycles. The zero-order valence-corrected chi connectivity index (χ0v) is 16.6. The predicted molar refractivity (Wildman–Crippen MR) is 103 cm³/mol. The third-order valence-electron chi connectivity index (χ3n) is 3.79. The first kappa shape index (κ1) is 21.1. The maximum atomic E-state index is 13.1. The number of amides is 1. The molecule has 0 radical (unpaired) electrons. The van der Waals surface area contributed by atoms with Crippen molar-refractivity contribution in [2.24, 2.45) is 5.41 Å². The normalized spacial score (nSPS) is 12.2. The first-order valence-electron chi connectivity index (χ1n) is 8.64. The number of hydrogen-bond donors (Lipinski definition) is 1. The minimum absolute atomic E-state index is 0.0273. The highest BCUT2D eigenvalue weighted by atomic mass is 32.2. The maximum absolute atomic E-state index is 13.1. The van der Waals surface area contributed by atoms with Gasteiger partial charge in [-0.15, -0.1) is 0 Å². The number of carbonyl (C=O) groups is 1. The molecule has 27 heavy (non-hydrogen) atoms. The van der Waals surface area contributed by atoms with Crippen LogP contribution < -0.4 is 5.32 Å². The fourth-order valence-corrected chi connectivity index (χ4v) is 3.75. The summed E-state index contributed by atoms with van der Waals surface area (Å²) in [7, 11) is -3.88. The number of nitrogens with zero attached hydrogens (tertiary/aromatic N) is 1. The van der Waals surface area contributed by atoms with Gasteiger partial charge in [-0.1, -0.05) is 51.1 Å². The van der Waals surface area contributed by atoms with Crippen molar-refractivity contribution < 1.29 is 17.6 Å². The number of hydrogen-bond acceptors (Lipinski definition) is 3. The van der Waals surface area contributed by atoms with E-state index >= 15 is 0 Å². The van der Waals surface area contributed by atoms with Gasteiger partial charge in [-0.05, 0) is 35.2 Å². The molecular formula is C20H25FN2O3S. The summed E-state index contributed by atoms with van der Waals surface area (Å²) in [5.74, 6) is -0.786. The smallest absolute Gasteiger partial charge is 0.243 e. The van der Waals surface area contributed by atoms with Crippen LogP contribution in [-0.4, -0.2) is 31.7 Å². The van der Waals surface area contributed by atoms with Crippen molar-refractivity contribution >= 4 is 15.9 Å². The Balaban J connectivity index is 2.25. The molecule has 7 heteroatoms. The molecular weight excluding hydrogens is 367 g/mol. The van der Waals surface area contributed by atoms with Gasteiger partial charge in [0.15, 0.2) is 0 Å². The fourth-order valence-electron chi connectivity index (χ4n) is 2.34. The van der Waals surface area contributed by atoms with Gasteiger partial charge < -0.3 is 5.32 Å². The van der Waals surface area contributed by atoms with E-state index in [1.165, 1.54) is 36.4 Å². The van der Waals surface area contributed by atoms with Crippen LogP contribution in [0.25, 0.3) is 0 Å². The highest BCUT2D eigenvalue weighted by Crippen LogP contribution is 2.18. The Morgan fingerprint density at radius 1 is 1.04 bits per heavy atom. The van der Waals surface area contributed by atoms with Gasteiger partial charge >= 0.3 is 0 Å². The average molecular weight is 392 g/mol. The monoisotopic (exact) mass is 392 g/mol. The molecule has 146 valence electrons. The molecule has 0 atom stereocenters. The van der Waals surface area contributed by atoms with Crippen LogP contribution >= 0.6 is 0 Å². The van der Waals surface area contributed by atoms with E-state index in [0.717, 1.165) is 4.31 Å². The molecule has 0 bridgehead atoms. The molecule has 0 aromatic heterocycles. The second-order valence-corrected chi connectivity index (χ2v) is 9.49. The van der Waals surface area contributed by atoms with Crippen LogP contribution in [0.2, 0.25) is 0 Å².